The first-order valence-electron chi connectivity index (χ1n) is 8.94. The van der Waals surface area contributed by atoms with E-state index in [2.05, 4.69) is 40.9 Å². The van der Waals surface area contributed by atoms with E-state index in [1.807, 2.05) is 25.1 Å². The average Bonchev–Trinajstić information content (AvgIpc) is 2.98. The van der Waals surface area contributed by atoms with E-state index in [1.54, 1.807) is 30.2 Å². The predicted molar refractivity (Wildman–Crippen MR) is 114 cm³/mol. The van der Waals surface area contributed by atoms with Crippen LogP contribution >= 0.6 is 23.1 Å². The number of nitrogens with zero attached hydrogens (tertiary/aromatic N) is 2. The summed E-state index contributed by atoms with van der Waals surface area (Å²) in [7, 11) is 1.63. The molecule has 6 heteroatoms. The van der Waals surface area contributed by atoms with Crippen LogP contribution in [0, 0.1) is 6.92 Å². The van der Waals surface area contributed by atoms with E-state index in [4.69, 9.17) is 4.74 Å². The van der Waals surface area contributed by atoms with Crippen molar-refractivity contribution in [1.29, 1.82) is 0 Å². The normalized spacial score (nSPS) is 11.9. The van der Waals surface area contributed by atoms with Gasteiger partial charge < -0.3 is 9.30 Å². The zero-order chi connectivity index (χ0) is 19.4. The van der Waals surface area contributed by atoms with E-state index in [9.17, 15) is 4.79 Å². The molecular formula is C21H24N2O2S2. The van der Waals surface area contributed by atoms with Gasteiger partial charge in [-0.1, -0.05) is 36.0 Å². The fraction of sp³-hybridized carbons (Fsp3) is 0.333. The quantitative estimate of drug-likeness (QED) is 0.557. The zero-order valence-corrected chi connectivity index (χ0v) is 17.7. The Bertz CT molecular complexity index is 1030. The average molecular weight is 401 g/mol. The Morgan fingerprint density at radius 3 is 2.78 bits per heavy atom. The summed E-state index contributed by atoms with van der Waals surface area (Å²) in [6.45, 7) is 4.99. The lowest BCUT2D eigenvalue weighted by atomic mass is 10.1. The lowest BCUT2D eigenvalue weighted by Crippen LogP contribution is -2.17. The van der Waals surface area contributed by atoms with Gasteiger partial charge in [0, 0.05) is 17.0 Å². The summed E-state index contributed by atoms with van der Waals surface area (Å²) in [5.74, 6) is 0.576. The lowest BCUT2D eigenvalue weighted by molar-refractivity contribution is -0.117. The van der Waals surface area contributed by atoms with Gasteiger partial charge in [-0.25, -0.2) is 0 Å². The van der Waals surface area contributed by atoms with Crippen molar-refractivity contribution >= 4 is 39.2 Å². The molecule has 0 radical (unpaired) electrons. The van der Waals surface area contributed by atoms with E-state index in [0.717, 1.165) is 44.9 Å². The number of amides is 1. The number of hydrogen-bond donors (Lipinski definition) is 0. The SMILES string of the molecule is CCCn1c(=NC(=O)Cc2cc(C)ccc2OC)sc2cc(SC)ccc21. The zero-order valence-electron chi connectivity index (χ0n) is 16.1. The van der Waals surface area contributed by atoms with Crippen molar-refractivity contribution in [1.82, 2.24) is 4.57 Å². The number of thioether (sulfide) groups is 1. The molecule has 4 nitrogen and oxygen atoms in total. The molecule has 1 heterocycles. The number of carbonyl (C=O) groups is 1. The minimum atomic E-state index is -0.152. The number of rotatable bonds is 6. The lowest BCUT2D eigenvalue weighted by Gasteiger charge is -2.07. The number of aromatic nitrogens is 1. The molecule has 0 saturated heterocycles. The molecule has 0 aliphatic heterocycles. The Labute approximate surface area is 167 Å². The van der Waals surface area contributed by atoms with Gasteiger partial charge in [0.05, 0.1) is 23.7 Å². The van der Waals surface area contributed by atoms with Gasteiger partial charge in [0.25, 0.3) is 5.91 Å². The van der Waals surface area contributed by atoms with Crippen LogP contribution in [0.5, 0.6) is 5.75 Å². The first kappa shape index (κ1) is 19.7. The van der Waals surface area contributed by atoms with Crippen LogP contribution < -0.4 is 9.54 Å². The van der Waals surface area contributed by atoms with Crippen molar-refractivity contribution in [3.05, 3.63) is 52.3 Å². The van der Waals surface area contributed by atoms with Crippen molar-refractivity contribution in [2.45, 2.75) is 38.1 Å². The Balaban J connectivity index is 2.00. The molecule has 27 heavy (non-hydrogen) atoms. The smallest absolute Gasteiger partial charge is 0.252 e. The molecule has 0 aliphatic rings. The number of thiazole rings is 1. The third kappa shape index (κ3) is 4.45. The molecule has 0 aliphatic carbocycles. The maximum atomic E-state index is 12.7. The van der Waals surface area contributed by atoms with Gasteiger partial charge in [-0.15, -0.1) is 11.8 Å². The van der Waals surface area contributed by atoms with Crippen LogP contribution in [0.4, 0.5) is 0 Å². The van der Waals surface area contributed by atoms with Crippen LogP contribution in [0.25, 0.3) is 10.2 Å². The molecule has 0 spiro atoms. The van der Waals surface area contributed by atoms with Gasteiger partial charge in [-0.3, -0.25) is 4.79 Å². The number of ether oxygens (including phenoxy) is 1. The summed E-state index contributed by atoms with van der Waals surface area (Å²) in [6, 6.07) is 12.3. The Morgan fingerprint density at radius 2 is 2.07 bits per heavy atom. The third-order valence-corrected chi connectivity index (χ3v) is 6.10. The number of fused-ring (bicyclic) bond motifs is 1. The van der Waals surface area contributed by atoms with E-state index in [-0.39, 0.29) is 12.3 Å². The maximum Gasteiger partial charge on any atom is 0.252 e. The number of aryl methyl sites for hydroxylation is 2. The second kappa shape index (κ2) is 8.76. The van der Waals surface area contributed by atoms with Gasteiger partial charge in [-0.2, -0.15) is 4.99 Å². The minimum Gasteiger partial charge on any atom is -0.496 e. The molecule has 1 amide bonds. The summed E-state index contributed by atoms with van der Waals surface area (Å²) in [6.07, 6.45) is 3.30. The number of methoxy groups -OCH3 is 1. The number of benzene rings is 2. The van der Waals surface area contributed by atoms with E-state index in [0.29, 0.717) is 0 Å². The Kier molecular flexibility index (Phi) is 6.39. The fourth-order valence-corrected chi connectivity index (χ4v) is 4.69. The van der Waals surface area contributed by atoms with Crippen LogP contribution in [0.3, 0.4) is 0 Å². The van der Waals surface area contributed by atoms with E-state index >= 15 is 0 Å². The van der Waals surface area contributed by atoms with E-state index < -0.39 is 0 Å². The highest BCUT2D eigenvalue weighted by Gasteiger charge is 2.11. The van der Waals surface area contributed by atoms with Gasteiger partial charge in [0.1, 0.15) is 5.75 Å². The topological polar surface area (TPSA) is 43.6 Å². The maximum absolute atomic E-state index is 12.7. The van der Waals surface area contributed by atoms with Gasteiger partial charge in [0.15, 0.2) is 4.80 Å². The van der Waals surface area contributed by atoms with Crippen molar-refractivity contribution in [3.63, 3.8) is 0 Å². The summed E-state index contributed by atoms with van der Waals surface area (Å²) in [5, 5.41) is 0. The highest BCUT2D eigenvalue weighted by Crippen LogP contribution is 2.24. The number of hydrogen-bond acceptors (Lipinski definition) is 4. The van der Waals surface area contributed by atoms with Gasteiger partial charge in [0.2, 0.25) is 0 Å². The largest absolute Gasteiger partial charge is 0.496 e. The fourth-order valence-electron chi connectivity index (χ4n) is 3.06. The molecule has 0 fully saturated rings. The number of carbonyl (C=O) groups excluding carboxylic acids is 1. The summed E-state index contributed by atoms with van der Waals surface area (Å²) in [4.78, 5) is 19.1. The van der Waals surface area contributed by atoms with Crippen molar-refractivity contribution in [3.8, 4) is 5.75 Å². The van der Waals surface area contributed by atoms with Crippen molar-refractivity contribution < 1.29 is 9.53 Å². The van der Waals surface area contributed by atoms with E-state index in [1.165, 1.54) is 4.90 Å². The molecule has 0 saturated carbocycles. The molecular weight excluding hydrogens is 376 g/mol. The molecule has 0 unspecified atom stereocenters. The molecule has 142 valence electrons. The van der Waals surface area contributed by atoms with Crippen LogP contribution in [0.2, 0.25) is 0 Å². The van der Waals surface area contributed by atoms with Gasteiger partial charge in [-0.05, 0) is 43.9 Å². The first-order valence-corrected chi connectivity index (χ1v) is 11.0. The van der Waals surface area contributed by atoms with Crippen molar-refractivity contribution in [2.75, 3.05) is 13.4 Å². The minimum absolute atomic E-state index is 0.152. The van der Waals surface area contributed by atoms with Crippen LogP contribution in [0.15, 0.2) is 46.3 Å². The monoisotopic (exact) mass is 400 g/mol. The standard InChI is InChI=1S/C21H24N2O2S2/c1-5-10-23-17-8-7-16(26-4)13-19(17)27-21(23)22-20(24)12-15-11-14(2)6-9-18(15)25-3/h6-9,11,13H,5,10,12H2,1-4H3. The Morgan fingerprint density at radius 1 is 1.26 bits per heavy atom. The highest BCUT2D eigenvalue weighted by molar-refractivity contribution is 7.98. The van der Waals surface area contributed by atoms with Gasteiger partial charge >= 0.3 is 0 Å². The molecule has 0 N–H and O–H groups in total. The molecule has 3 aromatic rings. The summed E-state index contributed by atoms with van der Waals surface area (Å²) in [5.41, 5.74) is 3.12. The highest BCUT2D eigenvalue weighted by atomic mass is 32.2. The van der Waals surface area contributed by atoms with Crippen molar-refractivity contribution in [2.24, 2.45) is 4.99 Å². The molecule has 2 aromatic carbocycles. The van der Waals surface area contributed by atoms with Crippen LogP contribution in [-0.2, 0) is 17.8 Å². The Hall–Kier alpha value is -2.05. The summed E-state index contributed by atoms with van der Waals surface area (Å²) < 4.78 is 8.70. The molecule has 1 aromatic heterocycles. The van der Waals surface area contributed by atoms with Crippen LogP contribution in [0.1, 0.15) is 24.5 Å². The summed E-state index contributed by atoms with van der Waals surface area (Å²) >= 11 is 3.30. The molecule has 0 bridgehead atoms. The second-order valence-corrected chi connectivity index (χ2v) is 8.26. The first-order chi connectivity index (χ1) is 13.0. The second-order valence-electron chi connectivity index (χ2n) is 6.37. The van der Waals surface area contributed by atoms with Crippen LogP contribution in [-0.4, -0.2) is 23.8 Å². The third-order valence-electron chi connectivity index (χ3n) is 4.34. The predicted octanol–water partition coefficient (Wildman–Crippen LogP) is 4.82. The molecule has 0 atom stereocenters. The molecule has 3 rings (SSSR count).